The molecule has 0 unspecified atom stereocenters. The first-order valence-corrected chi connectivity index (χ1v) is 10.5. The molecule has 2 N–H and O–H groups in total. The Balaban J connectivity index is 0.000000248. The Morgan fingerprint density at radius 1 is 0.833 bits per heavy atom. The summed E-state index contributed by atoms with van der Waals surface area (Å²) in [5, 5.41) is 17.6. The van der Waals surface area contributed by atoms with Crippen molar-refractivity contribution in [3.8, 4) is 0 Å². The number of carboxylic acids is 2. The molecule has 30 heavy (non-hydrogen) atoms. The summed E-state index contributed by atoms with van der Waals surface area (Å²) in [4.78, 5) is 21.4. The van der Waals surface area contributed by atoms with Crippen molar-refractivity contribution in [2.24, 2.45) is 0 Å². The van der Waals surface area contributed by atoms with E-state index in [9.17, 15) is 9.59 Å². The van der Waals surface area contributed by atoms with Gasteiger partial charge in [-0.25, -0.2) is 9.59 Å². The van der Waals surface area contributed by atoms with Crippen molar-refractivity contribution < 1.29 is 29.1 Å². The summed E-state index contributed by atoms with van der Waals surface area (Å²) in [6.45, 7) is 11.7. The van der Waals surface area contributed by atoms with E-state index in [-0.39, 0.29) is 5.56 Å². The molecule has 0 bridgehead atoms. The van der Waals surface area contributed by atoms with Crippen LogP contribution in [0.25, 0.3) is 0 Å². The van der Waals surface area contributed by atoms with E-state index in [1.807, 2.05) is 41.5 Å². The summed E-state index contributed by atoms with van der Waals surface area (Å²) in [6.07, 6.45) is 0. The Hall–Kier alpha value is -1.91. The van der Waals surface area contributed by atoms with E-state index in [0.29, 0.717) is 5.56 Å². The lowest BCUT2D eigenvalue weighted by Crippen LogP contribution is -2.41. The van der Waals surface area contributed by atoms with Crippen LogP contribution in [0.5, 0.6) is 0 Å². The molecule has 0 saturated carbocycles. The molecule has 0 aliphatic carbocycles. The van der Waals surface area contributed by atoms with Gasteiger partial charge in [0, 0.05) is 3.57 Å². The number of rotatable bonds is 3. The van der Waals surface area contributed by atoms with Crippen LogP contribution in [0.2, 0.25) is 0 Å². The van der Waals surface area contributed by atoms with E-state index in [4.69, 9.17) is 19.5 Å². The lowest BCUT2D eigenvalue weighted by molar-refractivity contribution is 0.00578. The normalized spacial score (nSPS) is 16.6. The van der Waals surface area contributed by atoms with Crippen molar-refractivity contribution in [1.82, 2.24) is 0 Å². The number of carboxylic acid groups (broad SMARTS) is 2. The van der Waals surface area contributed by atoms with Crippen molar-refractivity contribution in [2.75, 3.05) is 0 Å². The van der Waals surface area contributed by atoms with Gasteiger partial charge < -0.3 is 19.5 Å². The van der Waals surface area contributed by atoms with Crippen molar-refractivity contribution in [2.45, 2.75) is 52.7 Å². The molecule has 0 atom stereocenters. The molecule has 1 fully saturated rings. The van der Waals surface area contributed by atoms with Crippen molar-refractivity contribution in [3.05, 3.63) is 62.2 Å². The molecule has 2 aromatic rings. The fourth-order valence-electron chi connectivity index (χ4n) is 2.82. The minimum absolute atomic E-state index is 0.276. The van der Waals surface area contributed by atoms with Gasteiger partial charge in [0.15, 0.2) is 0 Å². The largest absolute Gasteiger partial charge is 0.495 e. The van der Waals surface area contributed by atoms with E-state index in [1.54, 1.807) is 36.4 Å². The highest BCUT2D eigenvalue weighted by Crippen LogP contribution is 2.36. The van der Waals surface area contributed by atoms with Crippen LogP contribution in [0.1, 0.15) is 59.5 Å². The summed E-state index contributed by atoms with van der Waals surface area (Å²) in [5.74, 6) is -1.80. The molecular weight excluding hydrogens is 498 g/mol. The van der Waals surface area contributed by atoms with Gasteiger partial charge in [-0.15, -0.1) is 0 Å². The minimum Gasteiger partial charge on any atom is -0.478 e. The van der Waals surface area contributed by atoms with Crippen molar-refractivity contribution in [3.63, 3.8) is 0 Å². The first kappa shape index (κ1) is 24.4. The van der Waals surface area contributed by atoms with Crippen LogP contribution in [0.15, 0.2) is 36.4 Å². The second kappa shape index (κ2) is 9.07. The highest BCUT2D eigenvalue weighted by atomic mass is 127. The standard InChI is InChI=1S/C14H19BO4.C8H7IO2/c1-9-8-10(12(16)17)6-7-11(9)15-18-13(2,3)14(4,5)19-15;1-5-4-6(8(10)11)2-3-7(5)9/h6-8H,1-5H3,(H,16,17);2-4H,1H3,(H,10,11). The van der Waals surface area contributed by atoms with Crippen LogP contribution in [-0.4, -0.2) is 40.5 Å². The molecule has 3 rings (SSSR count). The number of aromatic carboxylic acids is 2. The van der Waals surface area contributed by atoms with Gasteiger partial charge in [0.1, 0.15) is 0 Å². The number of aryl methyl sites for hydroxylation is 2. The molecule has 6 nitrogen and oxygen atoms in total. The SMILES string of the molecule is Cc1cc(C(=O)O)ccc1B1OC(C)(C)C(C)(C)O1.Cc1cc(C(=O)O)ccc1I. The summed E-state index contributed by atoms with van der Waals surface area (Å²) in [7, 11) is -0.451. The minimum atomic E-state index is -0.927. The van der Waals surface area contributed by atoms with Gasteiger partial charge in [-0.05, 0) is 105 Å². The highest BCUT2D eigenvalue weighted by Gasteiger charge is 2.52. The van der Waals surface area contributed by atoms with Crippen LogP contribution in [0, 0.1) is 17.4 Å². The first-order valence-electron chi connectivity index (χ1n) is 9.44. The predicted molar refractivity (Wildman–Crippen MR) is 125 cm³/mol. The van der Waals surface area contributed by atoms with Crippen LogP contribution in [0.4, 0.5) is 0 Å². The highest BCUT2D eigenvalue weighted by molar-refractivity contribution is 14.1. The van der Waals surface area contributed by atoms with E-state index >= 15 is 0 Å². The summed E-state index contributed by atoms with van der Waals surface area (Å²) in [5.41, 5.74) is 2.58. The molecule has 0 radical (unpaired) electrons. The predicted octanol–water partition coefficient (Wildman–Crippen LogP) is 4.29. The molecule has 1 saturated heterocycles. The van der Waals surface area contributed by atoms with E-state index < -0.39 is 30.3 Å². The topological polar surface area (TPSA) is 93.1 Å². The summed E-state index contributed by atoms with van der Waals surface area (Å²) >= 11 is 2.17. The van der Waals surface area contributed by atoms with Crippen LogP contribution in [0.3, 0.4) is 0 Å². The van der Waals surface area contributed by atoms with Gasteiger partial charge in [-0.2, -0.15) is 0 Å². The molecule has 160 valence electrons. The zero-order valence-electron chi connectivity index (χ0n) is 17.9. The van der Waals surface area contributed by atoms with Gasteiger partial charge in [-0.1, -0.05) is 11.6 Å². The third-order valence-electron chi connectivity index (χ3n) is 5.43. The average molecular weight is 524 g/mol. The van der Waals surface area contributed by atoms with E-state index in [0.717, 1.165) is 20.2 Å². The van der Waals surface area contributed by atoms with Crippen molar-refractivity contribution >= 4 is 47.1 Å². The number of hydrogen-bond donors (Lipinski definition) is 2. The molecular formula is C22H26BIO6. The van der Waals surface area contributed by atoms with E-state index in [2.05, 4.69) is 22.6 Å². The van der Waals surface area contributed by atoms with Gasteiger partial charge in [0.25, 0.3) is 0 Å². The number of carbonyl (C=O) groups is 2. The molecule has 1 heterocycles. The Labute approximate surface area is 190 Å². The summed E-state index contributed by atoms with van der Waals surface area (Å²) < 4.78 is 13.0. The quantitative estimate of drug-likeness (QED) is 0.460. The first-order chi connectivity index (χ1) is 13.7. The third kappa shape index (κ3) is 5.41. The summed E-state index contributed by atoms with van der Waals surface area (Å²) in [6, 6.07) is 10.1. The fourth-order valence-corrected chi connectivity index (χ4v) is 3.16. The lowest BCUT2D eigenvalue weighted by Gasteiger charge is -2.32. The van der Waals surface area contributed by atoms with Gasteiger partial charge in [0.05, 0.1) is 22.3 Å². The maximum absolute atomic E-state index is 10.9. The zero-order chi connectivity index (χ0) is 22.9. The van der Waals surface area contributed by atoms with Crippen LogP contribution < -0.4 is 5.46 Å². The second-order valence-electron chi connectivity index (χ2n) is 8.23. The van der Waals surface area contributed by atoms with Gasteiger partial charge in [0.2, 0.25) is 0 Å². The second-order valence-corrected chi connectivity index (χ2v) is 9.40. The Bertz CT molecular complexity index is 954. The maximum atomic E-state index is 10.9. The molecule has 8 heteroatoms. The van der Waals surface area contributed by atoms with Crippen LogP contribution in [-0.2, 0) is 9.31 Å². The zero-order valence-corrected chi connectivity index (χ0v) is 20.1. The maximum Gasteiger partial charge on any atom is 0.495 e. The molecule has 2 aromatic carbocycles. The molecule has 1 aliphatic rings. The van der Waals surface area contributed by atoms with Crippen molar-refractivity contribution in [1.29, 1.82) is 0 Å². The Morgan fingerprint density at radius 3 is 1.67 bits per heavy atom. The number of benzene rings is 2. The van der Waals surface area contributed by atoms with E-state index in [1.165, 1.54) is 0 Å². The van der Waals surface area contributed by atoms with Gasteiger partial charge >= 0.3 is 19.1 Å². The Kier molecular flexibility index (Phi) is 7.37. The lowest BCUT2D eigenvalue weighted by atomic mass is 9.76. The number of halogens is 1. The monoisotopic (exact) mass is 524 g/mol. The smallest absolute Gasteiger partial charge is 0.478 e. The van der Waals surface area contributed by atoms with Crippen LogP contribution >= 0.6 is 22.6 Å². The van der Waals surface area contributed by atoms with Gasteiger partial charge in [-0.3, -0.25) is 0 Å². The molecule has 0 aromatic heterocycles. The Morgan fingerprint density at radius 2 is 1.27 bits per heavy atom. The molecule has 0 amide bonds. The average Bonchev–Trinajstić information content (AvgIpc) is 2.84. The number of hydrogen-bond acceptors (Lipinski definition) is 4. The third-order valence-corrected chi connectivity index (χ3v) is 6.64. The molecule has 0 spiro atoms. The fraction of sp³-hybridized carbons (Fsp3) is 0.364. The molecule has 1 aliphatic heterocycles.